The standard InChI is InChI=1S/C25H42F11NO11S/c1-2-37(49(39,40)25(35,36)23(30,31)21(26,27)22(28,29)24(32,33)34)3-5-41-7-9-43-11-13-45-15-17-47-19-20-48-18-16-46-14-12-44-10-8-42-6-4-38/h38H,2-20H2,1H3. The zero-order valence-electron chi connectivity index (χ0n) is 26.5. The van der Waals surface area contributed by atoms with Crippen molar-refractivity contribution in [3.05, 3.63) is 0 Å². The number of ether oxygens (including phenoxy) is 8. The average molecular weight is 774 g/mol. The SMILES string of the molecule is CCN(CCOCCOCCOCCOCCOCCOCCOCCOCCO)S(=O)(=O)C(F)(F)C(F)(F)C(F)(F)C(F)(F)C(F)(F)F. The van der Waals surface area contributed by atoms with Crippen molar-refractivity contribution in [1.29, 1.82) is 0 Å². The molecule has 12 nitrogen and oxygen atoms in total. The van der Waals surface area contributed by atoms with Gasteiger partial charge >= 0.3 is 29.2 Å². The van der Waals surface area contributed by atoms with Crippen molar-refractivity contribution < 1.29 is 99.7 Å². The Bertz CT molecular complexity index is 966. The van der Waals surface area contributed by atoms with Crippen molar-refractivity contribution in [2.75, 3.05) is 125 Å². The van der Waals surface area contributed by atoms with Gasteiger partial charge in [-0.25, -0.2) is 8.42 Å². The highest BCUT2D eigenvalue weighted by Crippen LogP contribution is 2.58. The van der Waals surface area contributed by atoms with Crippen molar-refractivity contribution in [1.82, 2.24) is 4.31 Å². The first-order valence-corrected chi connectivity index (χ1v) is 16.0. The predicted molar refractivity (Wildman–Crippen MR) is 146 cm³/mol. The second-order valence-corrected chi connectivity index (χ2v) is 11.3. The summed E-state index contributed by atoms with van der Waals surface area (Å²) in [6, 6.07) is 0. The molecule has 0 rings (SSSR count). The summed E-state index contributed by atoms with van der Waals surface area (Å²) in [4.78, 5) is 0. The fourth-order valence-corrected chi connectivity index (χ4v) is 4.63. The predicted octanol–water partition coefficient (Wildman–Crippen LogP) is 2.82. The molecule has 0 bridgehead atoms. The van der Waals surface area contributed by atoms with Crippen LogP contribution in [0.2, 0.25) is 0 Å². The Morgan fingerprint density at radius 1 is 0.469 bits per heavy atom. The van der Waals surface area contributed by atoms with E-state index in [1.54, 1.807) is 0 Å². The fraction of sp³-hybridized carbons (Fsp3) is 1.00. The number of hydrogen-bond donors (Lipinski definition) is 1. The monoisotopic (exact) mass is 773 g/mol. The van der Waals surface area contributed by atoms with Gasteiger partial charge in [-0.2, -0.15) is 52.6 Å². The molecule has 0 fully saturated rings. The Labute approximate surface area is 276 Å². The van der Waals surface area contributed by atoms with E-state index in [9.17, 15) is 56.7 Å². The molecule has 0 spiro atoms. The minimum atomic E-state index is -7.85. The summed E-state index contributed by atoms with van der Waals surface area (Å²) in [7, 11) is -6.92. The van der Waals surface area contributed by atoms with Gasteiger partial charge in [0, 0.05) is 13.1 Å². The van der Waals surface area contributed by atoms with Gasteiger partial charge in [-0.3, -0.25) is 0 Å². The quantitative estimate of drug-likeness (QED) is 0.0801. The highest BCUT2D eigenvalue weighted by Gasteiger charge is 2.89. The van der Waals surface area contributed by atoms with Crippen LogP contribution in [0, 0.1) is 0 Å². The highest BCUT2D eigenvalue weighted by molar-refractivity contribution is 7.90. The van der Waals surface area contributed by atoms with Crippen LogP contribution in [0.3, 0.4) is 0 Å². The molecule has 0 radical (unpaired) electrons. The van der Waals surface area contributed by atoms with E-state index >= 15 is 0 Å². The number of rotatable bonds is 32. The Balaban J connectivity index is 4.09. The lowest BCUT2D eigenvalue weighted by molar-refractivity contribution is -0.413. The van der Waals surface area contributed by atoms with Gasteiger partial charge in [-0.1, -0.05) is 6.92 Å². The summed E-state index contributed by atoms with van der Waals surface area (Å²) in [5, 5.41) is 1.46. The summed E-state index contributed by atoms with van der Waals surface area (Å²) in [6.07, 6.45) is -7.41. The van der Waals surface area contributed by atoms with E-state index in [4.69, 9.17) is 43.0 Å². The molecule has 0 saturated heterocycles. The van der Waals surface area contributed by atoms with Crippen LogP contribution in [0.4, 0.5) is 48.3 Å². The Morgan fingerprint density at radius 2 is 0.755 bits per heavy atom. The molecule has 0 aromatic rings. The molecular formula is C25H42F11NO11S. The fourth-order valence-electron chi connectivity index (χ4n) is 3.20. The summed E-state index contributed by atoms with van der Waals surface area (Å²) < 4.78 is 211. The molecule has 0 unspecified atom stereocenters. The van der Waals surface area contributed by atoms with Crippen LogP contribution in [-0.4, -0.2) is 172 Å². The van der Waals surface area contributed by atoms with E-state index in [-0.39, 0.29) is 52.9 Å². The minimum absolute atomic E-state index is 0.0442. The molecule has 0 aliphatic carbocycles. The number of nitrogens with zero attached hydrogens (tertiary/aromatic N) is 1. The van der Waals surface area contributed by atoms with Crippen LogP contribution in [0.5, 0.6) is 0 Å². The van der Waals surface area contributed by atoms with Gasteiger partial charge in [-0.15, -0.1) is 0 Å². The molecule has 0 atom stereocenters. The van der Waals surface area contributed by atoms with Crippen LogP contribution < -0.4 is 0 Å². The third kappa shape index (κ3) is 15.1. The molecule has 0 saturated carbocycles. The van der Waals surface area contributed by atoms with E-state index < -0.39 is 63.2 Å². The van der Waals surface area contributed by atoms with Gasteiger partial charge in [0.15, 0.2) is 0 Å². The van der Waals surface area contributed by atoms with Gasteiger partial charge in [0.1, 0.15) is 0 Å². The molecule has 49 heavy (non-hydrogen) atoms. The molecule has 1 N–H and O–H groups in total. The first-order valence-electron chi connectivity index (χ1n) is 14.6. The van der Waals surface area contributed by atoms with Crippen molar-refractivity contribution in [3.8, 4) is 0 Å². The summed E-state index contributed by atoms with van der Waals surface area (Å²) in [5.41, 5.74) is 0. The number of alkyl halides is 11. The second-order valence-electron chi connectivity index (χ2n) is 9.36. The Kier molecular flexibility index (Phi) is 22.8. The molecular weight excluding hydrogens is 731 g/mol. The van der Waals surface area contributed by atoms with Crippen LogP contribution in [0.25, 0.3) is 0 Å². The maximum atomic E-state index is 14.2. The van der Waals surface area contributed by atoms with E-state index in [1.807, 2.05) is 0 Å². The smallest absolute Gasteiger partial charge is 0.394 e. The van der Waals surface area contributed by atoms with E-state index in [0.717, 1.165) is 6.92 Å². The lowest BCUT2D eigenvalue weighted by Crippen LogP contribution is -2.69. The largest absolute Gasteiger partial charge is 0.460 e. The molecule has 0 heterocycles. The molecule has 0 amide bonds. The summed E-state index contributed by atoms with van der Waals surface area (Å²) in [6.45, 7) is 0.990. The Hall–Kier alpha value is -1.22. The van der Waals surface area contributed by atoms with E-state index in [0.29, 0.717) is 52.9 Å². The lowest BCUT2D eigenvalue weighted by atomic mass is 10.0. The van der Waals surface area contributed by atoms with Crippen molar-refractivity contribution in [3.63, 3.8) is 0 Å². The normalized spacial score (nSPS) is 13.9. The molecule has 296 valence electrons. The van der Waals surface area contributed by atoms with Crippen molar-refractivity contribution in [2.45, 2.75) is 36.1 Å². The number of halogens is 11. The van der Waals surface area contributed by atoms with Gasteiger partial charge in [0.05, 0.1) is 112 Å². The van der Waals surface area contributed by atoms with Crippen molar-refractivity contribution >= 4 is 10.0 Å². The number of aliphatic hydroxyl groups excluding tert-OH is 1. The zero-order chi connectivity index (χ0) is 37.7. The van der Waals surface area contributed by atoms with Gasteiger partial charge < -0.3 is 43.0 Å². The molecule has 0 aliphatic rings. The van der Waals surface area contributed by atoms with E-state index in [1.165, 1.54) is 0 Å². The second kappa shape index (κ2) is 23.4. The topological polar surface area (TPSA) is 131 Å². The van der Waals surface area contributed by atoms with Gasteiger partial charge in [0.2, 0.25) is 0 Å². The molecule has 0 aromatic carbocycles. The first-order chi connectivity index (χ1) is 22.8. The van der Waals surface area contributed by atoms with Crippen LogP contribution in [0.15, 0.2) is 0 Å². The maximum absolute atomic E-state index is 14.2. The van der Waals surface area contributed by atoms with Crippen LogP contribution in [0.1, 0.15) is 6.92 Å². The Morgan fingerprint density at radius 3 is 1.02 bits per heavy atom. The van der Waals surface area contributed by atoms with E-state index in [2.05, 4.69) is 0 Å². The van der Waals surface area contributed by atoms with Crippen LogP contribution >= 0.6 is 0 Å². The van der Waals surface area contributed by atoms with Crippen LogP contribution in [-0.2, 0) is 47.9 Å². The molecule has 24 heteroatoms. The summed E-state index contributed by atoms with van der Waals surface area (Å²) in [5.74, 6) is -23.2. The number of aliphatic hydroxyl groups is 1. The third-order valence-corrected chi connectivity index (χ3v) is 7.88. The number of sulfonamides is 1. The molecule has 0 aliphatic heterocycles. The van der Waals surface area contributed by atoms with Gasteiger partial charge in [-0.05, 0) is 0 Å². The average Bonchev–Trinajstić information content (AvgIpc) is 3.01. The maximum Gasteiger partial charge on any atom is 0.460 e. The zero-order valence-corrected chi connectivity index (χ0v) is 27.3. The summed E-state index contributed by atoms with van der Waals surface area (Å²) >= 11 is 0. The number of likely N-dealkylation sites (N-methyl/N-ethyl adjacent to an activating group) is 1. The first kappa shape index (κ1) is 47.8. The molecule has 0 aromatic heterocycles. The minimum Gasteiger partial charge on any atom is -0.394 e. The lowest BCUT2D eigenvalue weighted by Gasteiger charge is -2.38. The third-order valence-electron chi connectivity index (χ3n) is 5.85. The number of hydrogen-bond acceptors (Lipinski definition) is 11. The van der Waals surface area contributed by atoms with Gasteiger partial charge in [0.25, 0.3) is 10.0 Å². The van der Waals surface area contributed by atoms with Crippen molar-refractivity contribution in [2.24, 2.45) is 0 Å². The highest BCUT2D eigenvalue weighted by atomic mass is 32.2.